The Morgan fingerprint density at radius 1 is 1.15 bits per heavy atom. The van der Waals surface area contributed by atoms with Crippen LogP contribution in [0.15, 0.2) is 52.1 Å². The van der Waals surface area contributed by atoms with Gasteiger partial charge in [0.1, 0.15) is 11.3 Å². The molecular formula is C19H18N2O4S. The molecule has 0 aliphatic rings. The molecule has 134 valence electrons. The Morgan fingerprint density at radius 2 is 1.96 bits per heavy atom. The number of para-hydroxylation sites is 2. The Morgan fingerprint density at radius 3 is 2.73 bits per heavy atom. The molecule has 0 aliphatic carbocycles. The van der Waals surface area contributed by atoms with Crippen LogP contribution in [0.5, 0.6) is 0 Å². The zero-order valence-corrected chi connectivity index (χ0v) is 15.3. The first-order valence-electron chi connectivity index (χ1n) is 8.02. The maximum atomic E-state index is 11.9. The highest BCUT2D eigenvalue weighted by Gasteiger charge is 2.12. The summed E-state index contributed by atoms with van der Waals surface area (Å²) in [7, 11) is 0. The second-order valence-electron chi connectivity index (χ2n) is 5.74. The van der Waals surface area contributed by atoms with E-state index in [2.05, 4.69) is 10.3 Å². The molecule has 0 saturated carbocycles. The van der Waals surface area contributed by atoms with Gasteiger partial charge in [0.05, 0.1) is 0 Å². The van der Waals surface area contributed by atoms with Gasteiger partial charge in [-0.25, -0.2) is 4.98 Å². The molecular weight excluding hydrogens is 352 g/mol. The number of carbonyl (C=O) groups excluding carboxylic acids is 2. The predicted octanol–water partition coefficient (Wildman–Crippen LogP) is 3.72. The summed E-state index contributed by atoms with van der Waals surface area (Å²) in [4.78, 5) is 27.9. The molecule has 0 spiro atoms. The van der Waals surface area contributed by atoms with Gasteiger partial charge in [0, 0.05) is 5.69 Å². The van der Waals surface area contributed by atoms with Gasteiger partial charge in [-0.05, 0) is 49.2 Å². The van der Waals surface area contributed by atoms with Gasteiger partial charge in [0.25, 0.3) is 11.1 Å². The lowest BCUT2D eigenvalue weighted by atomic mass is 10.1. The van der Waals surface area contributed by atoms with Crippen LogP contribution < -0.4 is 5.32 Å². The van der Waals surface area contributed by atoms with Gasteiger partial charge < -0.3 is 14.5 Å². The lowest BCUT2D eigenvalue weighted by Gasteiger charge is -2.08. The van der Waals surface area contributed by atoms with Crippen LogP contribution in [-0.2, 0) is 14.3 Å². The fourth-order valence-electron chi connectivity index (χ4n) is 2.24. The second kappa shape index (κ2) is 8.05. The van der Waals surface area contributed by atoms with E-state index in [1.54, 1.807) is 0 Å². The van der Waals surface area contributed by atoms with Crippen molar-refractivity contribution in [3.05, 3.63) is 53.6 Å². The highest BCUT2D eigenvalue weighted by Crippen LogP contribution is 2.23. The molecule has 0 saturated heterocycles. The third kappa shape index (κ3) is 4.64. The summed E-state index contributed by atoms with van der Waals surface area (Å²) < 4.78 is 10.5. The molecule has 0 unspecified atom stereocenters. The van der Waals surface area contributed by atoms with Crippen LogP contribution in [0.4, 0.5) is 5.69 Å². The number of oxazole rings is 1. The Labute approximate surface area is 154 Å². The number of nitrogens with zero attached hydrogens (tertiary/aromatic N) is 1. The molecule has 0 radical (unpaired) electrons. The average Bonchev–Trinajstić information content (AvgIpc) is 3.04. The number of thioether (sulfide) groups is 1. The molecule has 0 aliphatic heterocycles. The van der Waals surface area contributed by atoms with E-state index >= 15 is 0 Å². The van der Waals surface area contributed by atoms with Crippen molar-refractivity contribution in [3.63, 3.8) is 0 Å². The molecule has 3 rings (SSSR count). The van der Waals surface area contributed by atoms with Crippen LogP contribution in [0.3, 0.4) is 0 Å². The van der Waals surface area contributed by atoms with E-state index < -0.39 is 5.97 Å². The number of anilines is 1. The van der Waals surface area contributed by atoms with Crippen LogP contribution in [0.1, 0.15) is 11.1 Å². The first-order valence-corrected chi connectivity index (χ1v) is 9.01. The predicted molar refractivity (Wildman–Crippen MR) is 100 cm³/mol. The molecule has 7 heteroatoms. The molecule has 0 bridgehead atoms. The first-order chi connectivity index (χ1) is 12.5. The lowest BCUT2D eigenvalue weighted by molar-refractivity contribution is -0.144. The van der Waals surface area contributed by atoms with Crippen LogP contribution in [0.25, 0.3) is 11.1 Å². The van der Waals surface area contributed by atoms with Crippen LogP contribution in [0, 0.1) is 13.8 Å². The van der Waals surface area contributed by atoms with Crippen LogP contribution in [-0.4, -0.2) is 29.2 Å². The number of esters is 1. The molecule has 1 aromatic heterocycles. The van der Waals surface area contributed by atoms with Crippen molar-refractivity contribution in [3.8, 4) is 0 Å². The standard InChI is InChI=1S/C19H18N2O4S/c1-12-7-8-14(9-13(12)2)20-17(22)10-24-18(23)11-26-19-21-15-5-3-4-6-16(15)25-19/h3-9H,10-11H2,1-2H3,(H,20,22). The highest BCUT2D eigenvalue weighted by molar-refractivity contribution is 7.99. The maximum Gasteiger partial charge on any atom is 0.316 e. The maximum absolute atomic E-state index is 11.9. The van der Waals surface area contributed by atoms with Gasteiger partial charge >= 0.3 is 5.97 Å². The number of hydrogen-bond acceptors (Lipinski definition) is 6. The summed E-state index contributed by atoms with van der Waals surface area (Å²) in [5.41, 5.74) is 4.29. The number of hydrogen-bond donors (Lipinski definition) is 1. The molecule has 1 heterocycles. The Hall–Kier alpha value is -2.80. The van der Waals surface area contributed by atoms with E-state index in [1.807, 2.05) is 56.3 Å². The smallest absolute Gasteiger partial charge is 0.316 e. The van der Waals surface area contributed by atoms with E-state index in [-0.39, 0.29) is 18.3 Å². The number of nitrogens with one attached hydrogen (secondary N) is 1. The number of ether oxygens (including phenoxy) is 1. The van der Waals surface area contributed by atoms with Crippen molar-refractivity contribution in [1.82, 2.24) is 4.98 Å². The summed E-state index contributed by atoms with van der Waals surface area (Å²) in [6.07, 6.45) is 0. The monoisotopic (exact) mass is 370 g/mol. The van der Waals surface area contributed by atoms with Crippen molar-refractivity contribution in [2.24, 2.45) is 0 Å². The largest absolute Gasteiger partial charge is 0.455 e. The van der Waals surface area contributed by atoms with Gasteiger partial charge in [-0.15, -0.1) is 0 Å². The summed E-state index contributed by atoms with van der Waals surface area (Å²) >= 11 is 1.13. The zero-order chi connectivity index (χ0) is 18.5. The fourth-order valence-corrected chi connectivity index (χ4v) is 2.87. The molecule has 6 nitrogen and oxygen atoms in total. The highest BCUT2D eigenvalue weighted by atomic mass is 32.2. The zero-order valence-electron chi connectivity index (χ0n) is 14.4. The molecule has 0 atom stereocenters. The minimum absolute atomic E-state index is 0.0176. The fraction of sp³-hybridized carbons (Fsp3) is 0.211. The van der Waals surface area contributed by atoms with E-state index in [1.165, 1.54) is 0 Å². The van der Waals surface area contributed by atoms with Gasteiger partial charge in [0.2, 0.25) is 0 Å². The van der Waals surface area contributed by atoms with Crippen molar-refractivity contribution in [2.45, 2.75) is 19.1 Å². The number of fused-ring (bicyclic) bond motifs is 1. The van der Waals surface area contributed by atoms with Crippen LogP contribution in [0.2, 0.25) is 0 Å². The quantitative estimate of drug-likeness (QED) is 0.526. The Kier molecular flexibility index (Phi) is 5.58. The number of aromatic nitrogens is 1. The number of rotatable bonds is 6. The number of benzene rings is 2. The lowest BCUT2D eigenvalue weighted by Crippen LogP contribution is -2.21. The van der Waals surface area contributed by atoms with Crippen molar-refractivity contribution < 1.29 is 18.7 Å². The minimum atomic E-state index is -0.507. The van der Waals surface area contributed by atoms with Crippen molar-refractivity contribution in [1.29, 1.82) is 0 Å². The number of carbonyl (C=O) groups is 2. The molecule has 0 fully saturated rings. The van der Waals surface area contributed by atoms with Crippen molar-refractivity contribution in [2.75, 3.05) is 17.7 Å². The van der Waals surface area contributed by atoms with E-state index in [9.17, 15) is 9.59 Å². The molecule has 2 aromatic carbocycles. The van der Waals surface area contributed by atoms with Crippen LogP contribution >= 0.6 is 11.8 Å². The summed E-state index contributed by atoms with van der Waals surface area (Å²) in [5, 5.41) is 3.09. The van der Waals surface area contributed by atoms with E-state index in [0.717, 1.165) is 28.4 Å². The molecule has 1 amide bonds. The first kappa shape index (κ1) is 18.0. The Bertz CT molecular complexity index is 919. The number of amides is 1. The summed E-state index contributed by atoms with van der Waals surface area (Å²) in [5.74, 6) is -0.870. The van der Waals surface area contributed by atoms with Crippen molar-refractivity contribution >= 4 is 40.4 Å². The molecule has 1 N–H and O–H groups in total. The molecule has 26 heavy (non-hydrogen) atoms. The summed E-state index contributed by atoms with van der Waals surface area (Å²) in [6, 6.07) is 13.0. The second-order valence-corrected chi connectivity index (χ2v) is 6.67. The van der Waals surface area contributed by atoms with Gasteiger partial charge in [-0.3, -0.25) is 9.59 Å². The average molecular weight is 370 g/mol. The SMILES string of the molecule is Cc1ccc(NC(=O)COC(=O)CSc2nc3ccccc3o2)cc1C. The van der Waals surface area contributed by atoms with E-state index in [0.29, 0.717) is 16.5 Å². The van der Waals surface area contributed by atoms with Gasteiger partial charge in [0.15, 0.2) is 12.2 Å². The van der Waals surface area contributed by atoms with Gasteiger partial charge in [-0.2, -0.15) is 0 Å². The topological polar surface area (TPSA) is 81.4 Å². The number of aryl methyl sites for hydroxylation is 2. The van der Waals surface area contributed by atoms with Gasteiger partial charge in [-0.1, -0.05) is 30.0 Å². The summed E-state index contributed by atoms with van der Waals surface area (Å²) in [6.45, 7) is 3.63. The third-order valence-corrected chi connectivity index (χ3v) is 4.54. The normalized spacial score (nSPS) is 10.7. The Balaban J connectivity index is 1.44. The third-order valence-electron chi connectivity index (χ3n) is 3.74. The molecule has 3 aromatic rings. The van der Waals surface area contributed by atoms with E-state index in [4.69, 9.17) is 9.15 Å². The minimum Gasteiger partial charge on any atom is -0.455 e.